The van der Waals surface area contributed by atoms with Crippen LogP contribution in [0.4, 0.5) is 5.13 Å². The van der Waals surface area contributed by atoms with Crippen LogP contribution in [-0.2, 0) is 11.3 Å². The molecule has 1 aliphatic heterocycles. The zero-order valence-electron chi connectivity index (χ0n) is 12.7. The predicted molar refractivity (Wildman–Crippen MR) is 90.6 cm³/mol. The van der Waals surface area contributed by atoms with E-state index in [1.807, 2.05) is 18.5 Å². The van der Waals surface area contributed by atoms with Crippen molar-refractivity contribution >= 4 is 22.7 Å². The number of nitrogens with one attached hydrogen (secondary N) is 1. The third-order valence-corrected chi connectivity index (χ3v) is 4.32. The third-order valence-electron chi connectivity index (χ3n) is 3.45. The molecule has 1 aromatic carbocycles. The first-order chi connectivity index (χ1) is 10.8. The van der Waals surface area contributed by atoms with Crippen molar-refractivity contribution in [1.82, 2.24) is 9.88 Å². The van der Waals surface area contributed by atoms with Gasteiger partial charge < -0.3 is 4.74 Å². The van der Waals surface area contributed by atoms with Gasteiger partial charge in [0.15, 0.2) is 0 Å². The summed E-state index contributed by atoms with van der Waals surface area (Å²) in [6, 6.07) is 8.46. The van der Waals surface area contributed by atoms with Crippen LogP contribution in [0.3, 0.4) is 0 Å². The topological polar surface area (TPSA) is 49.8 Å². The Labute approximate surface area is 134 Å². The average molecular weight is 316 g/mol. The number of thiazole rings is 1. The summed E-state index contributed by atoms with van der Waals surface area (Å²) in [4.78, 5) is 6.72. The molecule has 0 unspecified atom stereocenters. The zero-order valence-corrected chi connectivity index (χ0v) is 13.5. The second kappa shape index (κ2) is 7.49. The minimum Gasteiger partial charge on any atom is -0.379 e. The van der Waals surface area contributed by atoms with E-state index < -0.39 is 0 Å². The van der Waals surface area contributed by atoms with Gasteiger partial charge in [-0.1, -0.05) is 18.2 Å². The van der Waals surface area contributed by atoms with Gasteiger partial charge in [-0.15, -0.1) is 11.3 Å². The molecule has 1 aliphatic rings. The average Bonchev–Trinajstić information content (AvgIpc) is 2.94. The van der Waals surface area contributed by atoms with Crippen molar-refractivity contribution in [3.63, 3.8) is 0 Å². The molecule has 0 atom stereocenters. The second-order valence-electron chi connectivity index (χ2n) is 5.30. The van der Waals surface area contributed by atoms with Crippen molar-refractivity contribution in [2.45, 2.75) is 13.5 Å². The molecular formula is C16H20N4OS. The molecule has 22 heavy (non-hydrogen) atoms. The van der Waals surface area contributed by atoms with E-state index in [0.717, 1.165) is 49.2 Å². The first-order valence-electron chi connectivity index (χ1n) is 7.40. The Balaban J connectivity index is 1.58. The summed E-state index contributed by atoms with van der Waals surface area (Å²) < 4.78 is 5.38. The Kier molecular flexibility index (Phi) is 5.15. The van der Waals surface area contributed by atoms with E-state index in [1.54, 1.807) is 11.3 Å². The fourth-order valence-corrected chi connectivity index (χ4v) is 2.99. The first-order valence-corrected chi connectivity index (χ1v) is 8.28. The third kappa shape index (κ3) is 4.37. The quantitative estimate of drug-likeness (QED) is 0.681. The summed E-state index contributed by atoms with van der Waals surface area (Å²) in [6.45, 7) is 6.60. The van der Waals surface area contributed by atoms with Gasteiger partial charge in [0.05, 0.1) is 25.1 Å². The van der Waals surface area contributed by atoms with Gasteiger partial charge in [-0.05, 0) is 24.1 Å². The summed E-state index contributed by atoms with van der Waals surface area (Å²) in [7, 11) is 0. The summed E-state index contributed by atoms with van der Waals surface area (Å²) in [5.74, 6) is 0. The zero-order chi connectivity index (χ0) is 15.2. The lowest BCUT2D eigenvalue weighted by molar-refractivity contribution is 0.0342. The lowest BCUT2D eigenvalue weighted by Gasteiger charge is -2.26. The normalized spacial score (nSPS) is 16.2. The monoisotopic (exact) mass is 316 g/mol. The maximum atomic E-state index is 5.38. The van der Waals surface area contributed by atoms with Gasteiger partial charge >= 0.3 is 0 Å². The van der Waals surface area contributed by atoms with Gasteiger partial charge in [0.1, 0.15) is 0 Å². The van der Waals surface area contributed by atoms with Crippen molar-refractivity contribution in [1.29, 1.82) is 0 Å². The highest BCUT2D eigenvalue weighted by molar-refractivity contribution is 7.13. The fraction of sp³-hybridized carbons (Fsp3) is 0.375. The molecule has 0 radical (unpaired) electrons. The SMILES string of the molecule is Cc1csc(NN=Cc2cccc(CN3CCOCC3)c2)n1. The van der Waals surface area contributed by atoms with Crippen molar-refractivity contribution in [2.75, 3.05) is 31.7 Å². The van der Waals surface area contributed by atoms with Crippen LogP contribution in [0.2, 0.25) is 0 Å². The molecule has 1 fully saturated rings. The largest absolute Gasteiger partial charge is 0.379 e. The van der Waals surface area contributed by atoms with Gasteiger partial charge in [0, 0.05) is 25.0 Å². The molecule has 2 heterocycles. The Morgan fingerprint density at radius 1 is 1.41 bits per heavy atom. The highest BCUT2D eigenvalue weighted by Gasteiger charge is 2.10. The molecule has 6 heteroatoms. The highest BCUT2D eigenvalue weighted by atomic mass is 32.1. The van der Waals surface area contributed by atoms with Crippen molar-refractivity contribution in [3.05, 3.63) is 46.5 Å². The Morgan fingerprint density at radius 2 is 2.27 bits per heavy atom. The molecule has 0 amide bonds. The van der Waals surface area contributed by atoms with Crippen LogP contribution < -0.4 is 5.43 Å². The van der Waals surface area contributed by atoms with Crippen LogP contribution in [-0.4, -0.2) is 42.4 Å². The molecule has 0 spiro atoms. The van der Waals surface area contributed by atoms with Crippen molar-refractivity contribution in [2.24, 2.45) is 5.10 Å². The van der Waals surface area contributed by atoms with Gasteiger partial charge in [-0.25, -0.2) is 4.98 Å². The molecule has 116 valence electrons. The number of aromatic nitrogens is 1. The Hall–Kier alpha value is -1.76. The number of hydrazone groups is 1. The number of anilines is 1. The maximum Gasteiger partial charge on any atom is 0.203 e. The second-order valence-corrected chi connectivity index (χ2v) is 6.16. The van der Waals surface area contributed by atoms with Crippen LogP contribution in [0, 0.1) is 6.92 Å². The Bertz CT molecular complexity index is 635. The summed E-state index contributed by atoms with van der Waals surface area (Å²) >= 11 is 1.56. The maximum absolute atomic E-state index is 5.38. The lowest BCUT2D eigenvalue weighted by Crippen LogP contribution is -2.35. The molecular weight excluding hydrogens is 296 g/mol. The van der Waals surface area contributed by atoms with Crippen LogP contribution >= 0.6 is 11.3 Å². The van der Waals surface area contributed by atoms with Crippen LogP contribution in [0.15, 0.2) is 34.7 Å². The van der Waals surface area contributed by atoms with Crippen LogP contribution in [0.5, 0.6) is 0 Å². The van der Waals surface area contributed by atoms with E-state index >= 15 is 0 Å². The number of nitrogens with zero attached hydrogens (tertiary/aromatic N) is 3. The number of aryl methyl sites for hydroxylation is 1. The van der Waals surface area contributed by atoms with Crippen molar-refractivity contribution in [3.8, 4) is 0 Å². The summed E-state index contributed by atoms with van der Waals surface area (Å²) in [5, 5.41) is 7.07. The number of rotatable bonds is 5. The molecule has 2 aromatic rings. The molecule has 0 aliphatic carbocycles. The van der Waals surface area contributed by atoms with Crippen LogP contribution in [0.1, 0.15) is 16.8 Å². The number of hydrogen-bond acceptors (Lipinski definition) is 6. The summed E-state index contributed by atoms with van der Waals surface area (Å²) in [6.07, 6.45) is 1.83. The molecule has 1 saturated heterocycles. The van der Waals surface area contributed by atoms with E-state index in [-0.39, 0.29) is 0 Å². The van der Waals surface area contributed by atoms with Gasteiger partial charge in [0.25, 0.3) is 0 Å². The van der Waals surface area contributed by atoms with Gasteiger partial charge in [-0.2, -0.15) is 5.10 Å². The van der Waals surface area contributed by atoms with E-state index in [2.05, 4.69) is 44.7 Å². The number of morpholine rings is 1. The van der Waals surface area contributed by atoms with E-state index in [4.69, 9.17) is 4.74 Å². The fourth-order valence-electron chi connectivity index (χ4n) is 2.36. The predicted octanol–water partition coefficient (Wildman–Crippen LogP) is 2.73. The summed E-state index contributed by atoms with van der Waals surface area (Å²) in [5.41, 5.74) is 6.37. The molecule has 1 aromatic heterocycles. The van der Waals surface area contributed by atoms with E-state index in [1.165, 1.54) is 5.56 Å². The molecule has 0 saturated carbocycles. The smallest absolute Gasteiger partial charge is 0.203 e. The molecule has 0 bridgehead atoms. The first kappa shape index (κ1) is 15.1. The lowest BCUT2D eigenvalue weighted by atomic mass is 10.1. The highest BCUT2D eigenvalue weighted by Crippen LogP contribution is 2.14. The van der Waals surface area contributed by atoms with E-state index in [9.17, 15) is 0 Å². The molecule has 1 N–H and O–H groups in total. The minimum absolute atomic E-state index is 0.818. The standard InChI is InChI=1S/C16H20N4OS/c1-13-12-22-16(18-13)19-17-10-14-3-2-4-15(9-14)11-20-5-7-21-8-6-20/h2-4,9-10,12H,5-8,11H2,1H3,(H,18,19). The number of benzene rings is 1. The number of hydrogen-bond donors (Lipinski definition) is 1. The van der Waals surface area contributed by atoms with E-state index in [0.29, 0.717) is 0 Å². The minimum atomic E-state index is 0.818. The van der Waals surface area contributed by atoms with Gasteiger partial charge in [-0.3, -0.25) is 10.3 Å². The van der Waals surface area contributed by atoms with Crippen molar-refractivity contribution < 1.29 is 4.74 Å². The van der Waals surface area contributed by atoms with Crippen LogP contribution in [0.25, 0.3) is 0 Å². The molecule has 5 nitrogen and oxygen atoms in total. The Morgan fingerprint density at radius 3 is 3.05 bits per heavy atom. The molecule has 3 rings (SSSR count). The van der Waals surface area contributed by atoms with Gasteiger partial charge in [0.2, 0.25) is 5.13 Å². The number of ether oxygens (including phenoxy) is 1.